The highest BCUT2D eigenvalue weighted by molar-refractivity contribution is 7.10. The number of anilines is 1. The van der Waals surface area contributed by atoms with Crippen molar-refractivity contribution in [2.75, 3.05) is 5.32 Å². The Bertz CT molecular complexity index is 1170. The van der Waals surface area contributed by atoms with E-state index in [2.05, 4.69) is 57.0 Å². The summed E-state index contributed by atoms with van der Waals surface area (Å²) in [6.07, 6.45) is 0. The molecule has 1 amide bonds. The van der Waals surface area contributed by atoms with Gasteiger partial charge in [0.25, 0.3) is 5.91 Å². The van der Waals surface area contributed by atoms with Crippen LogP contribution in [0.2, 0.25) is 0 Å². The fourth-order valence-corrected chi connectivity index (χ4v) is 3.66. The molecule has 29 heavy (non-hydrogen) atoms. The van der Waals surface area contributed by atoms with Gasteiger partial charge in [-0.05, 0) is 63.1 Å². The first-order valence-electron chi connectivity index (χ1n) is 9.14. The molecule has 4 rings (SSSR count). The third-order valence-corrected chi connectivity index (χ3v) is 5.15. The maximum absolute atomic E-state index is 12.4. The summed E-state index contributed by atoms with van der Waals surface area (Å²) in [7, 11) is 0. The van der Waals surface area contributed by atoms with Gasteiger partial charge < -0.3 is 0 Å². The van der Waals surface area contributed by atoms with Crippen LogP contribution >= 0.6 is 11.5 Å². The number of nitrogens with one attached hydrogen (secondary N) is 1. The summed E-state index contributed by atoms with van der Waals surface area (Å²) < 4.78 is 6.13. The Morgan fingerprint density at radius 3 is 2.34 bits per heavy atom. The summed E-state index contributed by atoms with van der Waals surface area (Å²) in [6, 6.07) is 13.6. The first-order chi connectivity index (χ1) is 13.9. The minimum absolute atomic E-state index is 0.219. The van der Waals surface area contributed by atoms with Crippen LogP contribution in [0.25, 0.3) is 17.2 Å². The van der Waals surface area contributed by atoms with Crippen molar-refractivity contribution in [2.24, 2.45) is 0 Å². The predicted octanol–water partition coefficient (Wildman–Crippen LogP) is 4.27. The molecule has 2 aromatic heterocycles. The maximum Gasteiger partial charge on any atom is 0.257 e. The molecule has 0 bridgehead atoms. The van der Waals surface area contributed by atoms with E-state index in [1.54, 1.807) is 16.8 Å². The van der Waals surface area contributed by atoms with Crippen LogP contribution in [0, 0.1) is 27.7 Å². The van der Waals surface area contributed by atoms with E-state index < -0.39 is 0 Å². The molecule has 2 heterocycles. The Morgan fingerprint density at radius 1 is 0.966 bits per heavy atom. The largest absolute Gasteiger partial charge is 0.297 e. The van der Waals surface area contributed by atoms with E-state index in [0.717, 1.165) is 39.6 Å². The van der Waals surface area contributed by atoms with Crippen molar-refractivity contribution in [1.82, 2.24) is 24.4 Å². The number of rotatable bonds is 4. The Kier molecular flexibility index (Phi) is 4.94. The van der Waals surface area contributed by atoms with Crippen molar-refractivity contribution in [3.8, 4) is 17.2 Å². The number of nitrogens with zero attached hydrogens (tertiary/aromatic N) is 5. The summed E-state index contributed by atoms with van der Waals surface area (Å²) in [5.41, 5.74) is 6.36. The van der Waals surface area contributed by atoms with Crippen molar-refractivity contribution in [3.05, 3.63) is 70.4 Å². The van der Waals surface area contributed by atoms with E-state index in [1.807, 2.05) is 26.0 Å². The number of hydrogen-bond donors (Lipinski definition) is 1. The molecule has 0 unspecified atom stereocenters. The average Bonchev–Trinajstić information content (AvgIpc) is 3.27. The lowest BCUT2D eigenvalue weighted by molar-refractivity contribution is 0.102. The van der Waals surface area contributed by atoms with Crippen LogP contribution in [-0.2, 0) is 0 Å². The second kappa shape index (κ2) is 7.56. The molecule has 0 saturated heterocycles. The van der Waals surface area contributed by atoms with E-state index in [-0.39, 0.29) is 5.91 Å². The molecule has 7 nitrogen and oxygen atoms in total. The van der Waals surface area contributed by atoms with Gasteiger partial charge in [-0.2, -0.15) is 9.36 Å². The fraction of sp³-hybridized carbons (Fsp3) is 0.190. The van der Waals surface area contributed by atoms with Gasteiger partial charge in [-0.1, -0.05) is 29.0 Å². The van der Waals surface area contributed by atoms with E-state index in [9.17, 15) is 4.79 Å². The second-order valence-corrected chi connectivity index (χ2v) is 7.78. The van der Waals surface area contributed by atoms with Crippen LogP contribution in [0.5, 0.6) is 0 Å². The minimum Gasteiger partial charge on any atom is -0.297 e. The Balaban J connectivity index is 1.58. The molecule has 0 spiro atoms. The molecule has 4 aromatic rings. The first kappa shape index (κ1) is 18.9. The minimum atomic E-state index is -0.219. The molecule has 8 heteroatoms. The summed E-state index contributed by atoms with van der Waals surface area (Å²) in [5.74, 6) is 0.227. The Morgan fingerprint density at radius 2 is 1.66 bits per heavy atom. The van der Waals surface area contributed by atoms with Crippen molar-refractivity contribution in [2.45, 2.75) is 27.7 Å². The lowest BCUT2D eigenvalue weighted by Crippen LogP contribution is -2.11. The predicted molar refractivity (Wildman–Crippen MR) is 114 cm³/mol. The molecular formula is C21H20N6OS. The molecule has 0 fully saturated rings. The van der Waals surface area contributed by atoms with E-state index in [0.29, 0.717) is 22.2 Å². The summed E-state index contributed by atoms with van der Waals surface area (Å²) in [5, 5.41) is 11.8. The van der Waals surface area contributed by atoms with Gasteiger partial charge >= 0.3 is 0 Å². The highest BCUT2D eigenvalue weighted by atomic mass is 32.1. The van der Waals surface area contributed by atoms with Gasteiger partial charge in [-0.25, -0.2) is 4.68 Å². The number of carbonyl (C=O) groups is 1. The standard InChI is InChI=1S/C21H20N6OS/c1-12-5-7-16(8-6-12)20(28)23-21-22-19(25-29-21)18-15(4)27(26-24-18)17-10-13(2)9-14(3)11-17/h5-11H,1-4H3,(H,22,23,25,28). The zero-order chi connectivity index (χ0) is 20.5. The van der Waals surface area contributed by atoms with Gasteiger partial charge in [-0.3, -0.25) is 10.1 Å². The van der Waals surface area contributed by atoms with Crippen LogP contribution in [0.4, 0.5) is 5.13 Å². The van der Waals surface area contributed by atoms with Gasteiger partial charge in [0.15, 0.2) is 11.5 Å². The van der Waals surface area contributed by atoms with Gasteiger partial charge in [0, 0.05) is 17.1 Å². The zero-order valence-electron chi connectivity index (χ0n) is 16.6. The van der Waals surface area contributed by atoms with Crippen molar-refractivity contribution in [3.63, 3.8) is 0 Å². The van der Waals surface area contributed by atoms with Crippen molar-refractivity contribution in [1.29, 1.82) is 0 Å². The van der Waals surface area contributed by atoms with Crippen LogP contribution in [0.15, 0.2) is 42.5 Å². The molecule has 1 N–H and O–H groups in total. The topological polar surface area (TPSA) is 85.6 Å². The lowest BCUT2D eigenvalue weighted by Gasteiger charge is -2.06. The van der Waals surface area contributed by atoms with Gasteiger partial charge in [0.05, 0.1) is 11.4 Å². The van der Waals surface area contributed by atoms with Crippen molar-refractivity contribution < 1.29 is 4.79 Å². The van der Waals surface area contributed by atoms with E-state index in [4.69, 9.17) is 0 Å². The normalized spacial score (nSPS) is 10.9. The Labute approximate surface area is 172 Å². The number of hydrogen-bond acceptors (Lipinski definition) is 6. The SMILES string of the molecule is Cc1ccc(C(=O)Nc2nc(-c3nnn(-c4cc(C)cc(C)c4)c3C)ns2)cc1. The van der Waals surface area contributed by atoms with Gasteiger partial charge in [-0.15, -0.1) is 5.10 Å². The molecule has 0 aliphatic carbocycles. The average molecular weight is 404 g/mol. The van der Waals surface area contributed by atoms with E-state index in [1.165, 1.54) is 0 Å². The molecule has 0 radical (unpaired) electrons. The number of carbonyl (C=O) groups excluding carboxylic acids is 1. The molecule has 2 aromatic carbocycles. The van der Waals surface area contributed by atoms with Crippen LogP contribution in [0.1, 0.15) is 32.7 Å². The third-order valence-electron chi connectivity index (χ3n) is 4.52. The maximum atomic E-state index is 12.4. The van der Waals surface area contributed by atoms with Crippen LogP contribution < -0.4 is 5.32 Å². The monoisotopic (exact) mass is 404 g/mol. The smallest absolute Gasteiger partial charge is 0.257 e. The number of aryl methyl sites for hydroxylation is 3. The molecule has 0 aliphatic rings. The summed E-state index contributed by atoms with van der Waals surface area (Å²) in [6.45, 7) is 8.01. The van der Waals surface area contributed by atoms with Crippen LogP contribution in [0.3, 0.4) is 0 Å². The molecule has 146 valence electrons. The van der Waals surface area contributed by atoms with E-state index >= 15 is 0 Å². The molecule has 0 saturated carbocycles. The highest BCUT2D eigenvalue weighted by Crippen LogP contribution is 2.24. The molecule has 0 aliphatic heterocycles. The number of benzene rings is 2. The molecule has 0 atom stereocenters. The summed E-state index contributed by atoms with van der Waals surface area (Å²) >= 11 is 1.12. The molecular weight excluding hydrogens is 384 g/mol. The van der Waals surface area contributed by atoms with Gasteiger partial charge in [0.2, 0.25) is 5.13 Å². The third kappa shape index (κ3) is 3.93. The Hall–Kier alpha value is -3.39. The quantitative estimate of drug-likeness (QED) is 0.549. The second-order valence-electron chi connectivity index (χ2n) is 7.02. The first-order valence-corrected chi connectivity index (χ1v) is 9.91. The number of aromatic nitrogens is 5. The zero-order valence-corrected chi connectivity index (χ0v) is 17.4. The lowest BCUT2D eigenvalue weighted by atomic mass is 10.1. The van der Waals surface area contributed by atoms with Crippen molar-refractivity contribution >= 4 is 22.6 Å². The number of amides is 1. The van der Waals surface area contributed by atoms with Gasteiger partial charge in [0.1, 0.15) is 0 Å². The highest BCUT2D eigenvalue weighted by Gasteiger charge is 2.18. The van der Waals surface area contributed by atoms with Crippen LogP contribution in [-0.4, -0.2) is 30.3 Å². The fourth-order valence-electron chi connectivity index (χ4n) is 3.10. The summed E-state index contributed by atoms with van der Waals surface area (Å²) in [4.78, 5) is 16.8.